The number of rotatable bonds is 10. The molecule has 2 N–H and O–H groups in total. The van der Waals surface area contributed by atoms with E-state index in [1.54, 1.807) is 7.05 Å². The molecule has 0 bridgehead atoms. The van der Waals surface area contributed by atoms with Gasteiger partial charge in [-0.1, -0.05) is 13.3 Å². The quantitative estimate of drug-likeness (QED) is 0.311. The van der Waals surface area contributed by atoms with E-state index in [4.69, 9.17) is 10.00 Å². The van der Waals surface area contributed by atoms with Crippen LogP contribution in [0.1, 0.15) is 42.4 Å². The zero-order chi connectivity index (χ0) is 24.9. The minimum absolute atomic E-state index is 0.0181. The molecule has 0 spiro atoms. The van der Waals surface area contributed by atoms with Gasteiger partial charge in [0.1, 0.15) is 12.4 Å². The van der Waals surface area contributed by atoms with E-state index in [1.807, 2.05) is 13.0 Å². The first-order valence-corrected chi connectivity index (χ1v) is 12.0. The van der Waals surface area contributed by atoms with Crippen LogP contribution in [0.2, 0.25) is 0 Å². The summed E-state index contributed by atoms with van der Waals surface area (Å²) >= 11 is 0. The van der Waals surface area contributed by atoms with Crippen molar-refractivity contribution in [2.45, 2.75) is 44.2 Å². The van der Waals surface area contributed by atoms with Crippen LogP contribution in [-0.2, 0) is 35.0 Å². The molecule has 3 aromatic rings. The van der Waals surface area contributed by atoms with Crippen molar-refractivity contribution in [3.05, 3.63) is 56.5 Å². The Morgan fingerprint density at radius 2 is 1.97 bits per heavy atom. The van der Waals surface area contributed by atoms with Crippen LogP contribution in [0, 0.1) is 11.3 Å². The minimum Gasteiger partial charge on any atom is -0.454 e. The number of aromatic nitrogens is 4. The van der Waals surface area contributed by atoms with Gasteiger partial charge in [0.2, 0.25) is 10.0 Å². The van der Waals surface area contributed by atoms with Gasteiger partial charge in [0, 0.05) is 26.6 Å². The molecule has 0 saturated carbocycles. The third-order valence-corrected chi connectivity index (χ3v) is 6.58. The number of nitrogens with zero attached hydrogens (tertiary/aromatic N) is 4. The number of fused-ring (bicyclic) bond motifs is 1. The number of hydrogen-bond acceptors (Lipinski definition) is 8. The lowest BCUT2D eigenvalue weighted by Gasteiger charge is -2.07. The molecule has 0 unspecified atom stereocenters. The molecular formula is C21H24N6O6S. The van der Waals surface area contributed by atoms with Crippen LogP contribution < -0.4 is 16.0 Å². The van der Waals surface area contributed by atoms with Gasteiger partial charge in [-0.25, -0.2) is 27.7 Å². The summed E-state index contributed by atoms with van der Waals surface area (Å²) in [6.45, 7) is 2.08. The molecule has 3 rings (SSSR count). The lowest BCUT2D eigenvalue weighted by Crippen LogP contribution is -2.31. The first kappa shape index (κ1) is 24.9. The van der Waals surface area contributed by atoms with Crippen LogP contribution in [0.15, 0.2) is 38.8 Å². The van der Waals surface area contributed by atoms with Gasteiger partial charge in [0.05, 0.1) is 16.5 Å². The molecule has 2 heterocycles. The lowest BCUT2D eigenvalue weighted by molar-refractivity contribution is 0.0459. The molecule has 0 fully saturated rings. The van der Waals surface area contributed by atoms with Crippen LogP contribution in [0.4, 0.5) is 0 Å². The number of carbonyl (C=O) groups excluding carboxylic acids is 1. The monoisotopic (exact) mass is 488 g/mol. The fourth-order valence-electron chi connectivity index (χ4n) is 3.25. The maximum Gasteiger partial charge on any atom is 0.338 e. The maximum atomic E-state index is 12.5. The standard InChI is InChI=1S/C21H24N6O6S/c1-3-4-12-27-18-17(19(28)25-21(27)30)26(2)16(24-18)13-33-20(29)14-6-8-15(9-7-14)34(31,32)23-11-5-10-22/h6-9,23H,3-5,11-13H2,1-2H3,(H,25,28,30). The van der Waals surface area contributed by atoms with E-state index < -0.39 is 27.2 Å². The highest BCUT2D eigenvalue weighted by atomic mass is 32.2. The second-order valence-electron chi connectivity index (χ2n) is 7.43. The molecule has 180 valence electrons. The number of ether oxygens (including phenoxy) is 1. The summed E-state index contributed by atoms with van der Waals surface area (Å²) in [6.07, 6.45) is 1.61. The highest BCUT2D eigenvalue weighted by Crippen LogP contribution is 2.14. The van der Waals surface area contributed by atoms with Crippen molar-refractivity contribution in [3.63, 3.8) is 0 Å². The van der Waals surface area contributed by atoms with Gasteiger partial charge in [-0.3, -0.25) is 14.3 Å². The number of carbonyl (C=O) groups is 1. The fourth-order valence-corrected chi connectivity index (χ4v) is 4.28. The van der Waals surface area contributed by atoms with Crippen molar-refractivity contribution in [2.75, 3.05) is 6.54 Å². The molecule has 0 aliphatic rings. The zero-order valence-electron chi connectivity index (χ0n) is 18.7. The fraction of sp³-hybridized carbons (Fsp3) is 0.381. The van der Waals surface area contributed by atoms with Gasteiger partial charge in [-0.2, -0.15) is 5.26 Å². The van der Waals surface area contributed by atoms with Crippen LogP contribution in [0.25, 0.3) is 11.2 Å². The van der Waals surface area contributed by atoms with Crippen molar-refractivity contribution in [3.8, 4) is 6.07 Å². The minimum atomic E-state index is -3.80. The lowest BCUT2D eigenvalue weighted by atomic mass is 10.2. The summed E-state index contributed by atoms with van der Waals surface area (Å²) in [5, 5.41) is 8.52. The normalized spacial score (nSPS) is 11.4. The van der Waals surface area contributed by atoms with Crippen molar-refractivity contribution >= 4 is 27.2 Å². The third-order valence-electron chi connectivity index (χ3n) is 5.10. The number of hydrogen-bond donors (Lipinski definition) is 2. The number of aryl methyl sites for hydroxylation is 2. The smallest absolute Gasteiger partial charge is 0.338 e. The summed E-state index contributed by atoms with van der Waals surface area (Å²) in [6, 6.07) is 6.97. The number of imidazole rings is 1. The predicted octanol–water partition coefficient (Wildman–Crippen LogP) is 0.772. The van der Waals surface area contributed by atoms with Crippen molar-refractivity contribution in [1.29, 1.82) is 5.26 Å². The summed E-state index contributed by atoms with van der Waals surface area (Å²) < 4.78 is 34.8. The molecule has 13 heteroatoms. The average molecular weight is 489 g/mol. The number of sulfonamides is 1. The van der Waals surface area contributed by atoms with E-state index in [9.17, 15) is 22.8 Å². The topological polar surface area (TPSA) is 169 Å². The van der Waals surface area contributed by atoms with Gasteiger partial charge < -0.3 is 9.30 Å². The van der Waals surface area contributed by atoms with Crippen molar-refractivity contribution < 1.29 is 17.9 Å². The number of esters is 1. The summed E-state index contributed by atoms with van der Waals surface area (Å²) in [5.41, 5.74) is -0.605. The van der Waals surface area contributed by atoms with Gasteiger partial charge in [0.25, 0.3) is 5.56 Å². The predicted molar refractivity (Wildman–Crippen MR) is 121 cm³/mol. The Labute approximate surface area is 194 Å². The molecule has 0 atom stereocenters. The second kappa shape index (κ2) is 10.4. The van der Waals surface area contributed by atoms with Crippen molar-refractivity contribution in [1.82, 2.24) is 23.8 Å². The van der Waals surface area contributed by atoms with Crippen LogP contribution >= 0.6 is 0 Å². The molecule has 0 aliphatic heterocycles. The third kappa shape index (κ3) is 5.24. The zero-order valence-corrected chi connectivity index (χ0v) is 19.5. The van der Waals surface area contributed by atoms with Gasteiger partial charge in [0.15, 0.2) is 11.2 Å². The molecular weight excluding hydrogens is 464 g/mol. The molecule has 34 heavy (non-hydrogen) atoms. The molecule has 12 nitrogen and oxygen atoms in total. The van der Waals surface area contributed by atoms with Gasteiger partial charge in [-0.15, -0.1) is 0 Å². The SMILES string of the molecule is CCCCn1c(=O)[nH]c(=O)c2c1nc(COC(=O)c1ccc(S(=O)(=O)NCCC#N)cc1)n2C. The molecule has 0 radical (unpaired) electrons. The number of H-pyrrole nitrogens is 1. The number of nitriles is 1. The number of nitrogens with one attached hydrogen (secondary N) is 2. The second-order valence-corrected chi connectivity index (χ2v) is 9.20. The van der Waals surface area contributed by atoms with Gasteiger partial charge >= 0.3 is 11.7 Å². The van der Waals surface area contributed by atoms with Crippen LogP contribution in [0.5, 0.6) is 0 Å². The summed E-state index contributed by atoms with van der Waals surface area (Å²) in [4.78, 5) is 43.6. The largest absolute Gasteiger partial charge is 0.454 e. The first-order chi connectivity index (χ1) is 16.2. The Morgan fingerprint density at radius 3 is 2.62 bits per heavy atom. The molecule has 1 aromatic carbocycles. The summed E-state index contributed by atoms with van der Waals surface area (Å²) in [5.74, 6) is -0.448. The number of unbranched alkanes of at least 4 members (excludes halogenated alkanes) is 1. The average Bonchev–Trinajstić information content (AvgIpc) is 3.14. The molecule has 0 aliphatic carbocycles. The Hall–Kier alpha value is -3.76. The molecule has 0 amide bonds. The number of aromatic amines is 1. The van der Waals surface area contributed by atoms with Crippen molar-refractivity contribution in [2.24, 2.45) is 7.05 Å². The highest BCUT2D eigenvalue weighted by molar-refractivity contribution is 7.89. The van der Waals surface area contributed by atoms with E-state index in [-0.39, 0.29) is 47.0 Å². The maximum absolute atomic E-state index is 12.5. The van der Waals surface area contributed by atoms with Crippen LogP contribution in [-0.4, -0.2) is 40.0 Å². The first-order valence-electron chi connectivity index (χ1n) is 10.5. The van der Waals surface area contributed by atoms with E-state index in [2.05, 4.69) is 14.7 Å². The van der Waals surface area contributed by atoms with E-state index >= 15 is 0 Å². The van der Waals surface area contributed by atoms with E-state index in [0.717, 1.165) is 12.8 Å². The molecule has 0 saturated heterocycles. The Morgan fingerprint density at radius 1 is 1.26 bits per heavy atom. The molecule has 2 aromatic heterocycles. The Kier molecular flexibility index (Phi) is 7.64. The van der Waals surface area contributed by atoms with E-state index in [1.165, 1.54) is 33.4 Å². The Balaban J connectivity index is 1.77. The van der Waals surface area contributed by atoms with E-state index in [0.29, 0.717) is 6.54 Å². The highest BCUT2D eigenvalue weighted by Gasteiger charge is 2.19. The van der Waals surface area contributed by atoms with Gasteiger partial charge in [-0.05, 0) is 30.7 Å². The Bertz CT molecular complexity index is 1460. The van der Waals surface area contributed by atoms with Crippen LogP contribution in [0.3, 0.4) is 0 Å². The number of benzene rings is 1. The summed E-state index contributed by atoms with van der Waals surface area (Å²) in [7, 11) is -2.21.